The van der Waals surface area contributed by atoms with E-state index in [4.69, 9.17) is 9.72 Å². The lowest BCUT2D eigenvalue weighted by atomic mass is 9.74. The van der Waals surface area contributed by atoms with Gasteiger partial charge in [-0.3, -0.25) is 9.78 Å². The number of halogens is 1. The highest BCUT2D eigenvalue weighted by atomic mass is 19.1. The molecule has 1 saturated heterocycles. The maximum atomic E-state index is 14.1. The molecule has 4 aromatic heterocycles. The Morgan fingerprint density at radius 3 is 2.66 bits per heavy atom. The van der Waals surface area contributed by atoms with Crippen LogP contribution in [0.3, 0.4) is 0 Å². The minimum atomic E-state index is -0.564. The molecule has 0 unspecified atom stereocenters. The Kier molecular flexibility index (Phi) is 8.26. The van der Waals surface area contributed by atoms with E-state index in [-0.39, 0.29) is 23.3 Å². The van der Waals surface area contributed by atoms with Crippen molar-refractivity contribution in [3.8, 4) is 22.9 Å². The van der Waals surface area contributed by atoms with Gasteiger partial charge in [0.05, 0.1) is 30.1 Å². The van der Waals surface area contributed by atoms with E-state index in [0.717, 1.165) is 54.9 Å². The van der Waals surface area contributed by atoms with Crippen molar-refractivity contribution in [3.05, 3.63) is 72.2 Å². The molecule has 5 rings (SSSR count). The van der Waals surface area contributed by atoms with E-state index in [1.807, 2.05) is 45.4 Å². The lowest BCUT2D eigenvalue weighted by Crippen LogP contribution is -2.45. The second-order valence-electron chi connectivity index (χ2n) is 10.9. The van der Waals surface area contributed by atoms with Crippen molar-refractivity contribution in [1.82, 2.24) is 24.5 Å². The van der Waals surface area contributed by atoms with E-state index in [9.17, 15) is 14.4 Å². The van der Waals surface area contributed by atoms with Gasteiger partial charge < -0.3 is 14.5 Å². The first kappa shape index (κ1) is 28.2. The molecule has 0 aromatic carbocycles. The van der Waals surface area contributed by atoms with Crippen LogP contribution in [-0.2, 0) is 0 Å². The Labute approximate surface area is 239 Å². The van der Waals surface area contributed by atoms with Crippen molar-refractivity contribution < 1.29 is 13.9 Å². The summed E-state index contributed by atoms with van der Waals surface area (Å²) in [4.78, 5) is 26.0. The lowest BCUT2D eigenvalue weighted by molar-refractivity contribution is 0.0901. The normalized spacial score (nSPS) is 14.8. The summed E-state index contributed by atoms with van der Waals surface area (Å²) in [6.45, 7) is 4.90. The Bertz CT molecular complexity index is 1570. The Hall–Kier alpha value is -4.36. The maximum absolute atomic E-state index is 14.1. The second-order valence-corrected chi connectivity index (χ2v) is 10.9. The molecule has 1 aliphatic rings. The molecule has 0 spiro atoms. The van der Waals surface area contributed by atoms with Crippen LogP contribution >= 0.6 is 0 Å². The van der Waals surface area contributed by atoms with Gasteiger partial charge >= 0.3 is 0 Å². The summed E-state index contributed by atoms with van der Waals surface area (Å²) in [5.41, 5.74) is 2.79. The minimum absolute atomic E-state index is 0.0537. The predicted octanol–water partition coefficient (Wildman–Crippen LogP) is 5.01. The zero-order valence-electron chi connectivity index (χ0n) is 23.7. The van der Waals surface area contributed by atoms with Gasteiger partial charge in [0.25, 0.3) is 0 Å². The van der Waals surface area contributed by atoms with Gasteiger partial charge in [-0.15, -0.1) is 0 Å². The fourth-order valence-corrected chi connectivity index (χ4v) is 5.83. The van der Waals surface area contributed by atoms with Crippen molar-refractivity contribution >= 4 is 17.1 Å². The van der Waals surface area contributed by atoms with Crippen LogP contribution in [0.25, 0.3) is 16.6 Å². The zero-order chi connectivity index (χ0) is 29.0. The second kappa shape index (κ2) is 12.0. The third-order valence-corrected chi connectivity index (χ3v) is 7.78. The third kappa shape index (κ3) is 6.05. The van der Waals surface area contributed by atoms with Gasteiger partial charge in [-0.05, 0) is 76.0 Å². The molecule has 0 N–H and O–H groups in total. The smallest absolute Gasteiger partial charge is 0.184 e. The Morgan fingerprint density at radius 2 is 2.00 bits per heavy atom. The fourth-order valence-electron chi connectivity index (χ4n) is 5.83. The first-order chi connectivity index (χ1) is 19.8. The molecular formula is C31H34FN7O2. The molecule has 5 heterocycles. The number of ketones is 1. The van der Waals surface area contributed by atoms with E-state index in [1.54, 1.807) is 16.9 Å². The molecule has 212 valence electrons. The molecule has 1 aliphatic heterocycles. The highest BCUT2D eigenvalue weighted by Crippen LogP contribution is 2.39. The molecule has 1 fully saturated rings. The highest BCUT2D eigenvalue weighted by molar-refractivity contribution is 5.94. The molecule has 0 amide bonds. The van der Waals surface area contributed by atoms with Crippen LogP contribution < -0.4 is 9.64 Å². The number of anilines is 1. The van der Waals surface area contributed by atoms with E-state index >= 15 is 0 Å². The van der Waals surface area contributed by atoms with Crippen molar-refractivity contribution in [2.45, 2.75) is 32.6 Å². The van der Waals surface area contributed by atoms with E-state index in [0.29, 0.717) is 24.3 Å². The van der Waals surface area contributed by atoms with Gasteiger partial charge in [-0.2, -0.15) is 10.4 Å². The van der Waals surface area contributed by atoms with Crippen LogP contribution in [-0.4, -0.2) is 70.6 Å². The van der Waals surface area contributed by atoms with E-state index in [2.05, 4.69) is 26.0 Å². The minimum Gasteiger partial charge on any atom is -0.492 e. The Morgan fingerprint density at radius 1 is 1.20 bits per heavy atom. The number of hydrogen-bond donors (Lipinski definition) is 0. The summed E-state index contributed by atoms with van der Waals surface area (Å²) in [7, 11) is 4.09. The number of Topliss-reactive ketones (excluding diaryl/α,β-unsaturated/α-hetero) is 1. The average Bonchev–Trinajstić information content (AvgIpc) is 3.39. The average molecular weight is 556 g/mol. The number of fused-ring (bicyclic) bond motifs is 1. The molecular weight excluding hydrogens is 521 g/mol. The summed E-state index contributed by atoms with van der Waals surface area (Å²) in [6.07, 6.45) is 9.36. The van der Waals surface area contributed by atoms with Gasteiger partial charge in [-0.25, -0.2) is 13.9 Å². The van der Waals surface area contributed by atoms with Crippen LogP contribution in [0.2, 0.25) is 0 Å². The van der Waals surface area contributed by atoms with Crippen molar-refractivity contribution in [2.24, 2.45) is 5.41 Å². The lowest BCUT2D eigenvalue weighted by Gasteiger charge is -2.44. The number of pyridine rings is 3. The Balaban J connectivity index is 1.31. The SMILES string of the molecule is CCOc1cc(-c2ccc(N3CCC(CCC(=O)c4ncccc4F)(CN(C)C)CC3)nc2)c2c(C#N)cnn2c1. The zero-order valence-corrected chi connectivity index (χ0v) is 23.7. The third-order valence-electron chi connectivity index (χ3n) is 7.78. The molecule has 0 saturated carbocycles. The number of carbonyl (C=O) groups excluding carboxylic acids is 1. The number of nitrogens with zero attached hydrogens (tertiary/aromatic N) is 7. The van der Waals surface area contributed by atoms with Gasteiger partial charge in [-0.1, -0.05) is 0 Å². The molecule has 41 heavy (non-hydrogen) atoms. The number of hydrogen-bond acceptors (Lipinski definition) is 8. The summed E-state index contributed by atoms with van der Waals surface area (Å²) in [5.74, 6) is 0.737. The van der Waals surface area contributed by atoms with Crippen LogP contribution in [0.4, 0.5) is 10.2 Å². The van der Waals surface area contributed by atoms with Crippen LogP contribution in [0.5, 0.6) is 5.75 Å². The number of carbonyl (C=O) groups is 1. The summed E-state index contributed by atoms with van der Waals surface area (Å²) >= 11 is 0. The number of ether oxygens (including phenoxy) is 1. The molecule has 9 nitrogen and oxygen atoms in total. The molecule has 0 radical (unpaired) electrons. The van der Waals surface area contributed by atoms with Crippen LogP contribution in [0.15, 0.2) is 55.1 Å². The highest BCUT2D eigenvalue weighted by Gasteiger charge is 2.36. The van der Waals surface area contributed by atoms with Gasteiger partial charge in [0.1, 0.15) is 23.3 Å². The maximum Gasteiger partial charge on any atom is 0.184 e. The van der Waals surface area contributed by atoms with Gasteiger partial charge in [0.2, 0.25) is 0 Å². The number of nitriles is 1. The quantitative estimate of drug-likeness (QED) is 0.252. The van der Waals surface area contributed by atoms with Gasteiger partial charge in [0.15, 0.2) is 11.6 Å². The first-order valence-corrected chi connectivity index (χ1v) is 13.9. The molecule has 4 aromatic rings. The summed E-state index contributed by atoms with van der Waals surface area (Å²) < 4.78 is 21.5. The van der Waals surface area contributed by atoms with Crippen molar-refractivity contribution in [2.75, 3.05) is 45.2 Å². The fraction of sp³-hybridized carbons (Fsp3) is 0.387. The van der Waals surface area contributed by atoms with E-state index < -0.39 is 5.82 Å². The summed E-state index contributed by atoms with van der Waals surface area (Å²) in [5, 5.41) is 13.9. The van der Waals surface area contributed by atoms with Crippen LogP contribution in [0, 0.1) is 22.6 Å². The largest absolute Gasteiger partial charge is 0.492 e. The van der Waals surface area contributed by atoms with E-state index in [1.165, 1.54) is 18.3 Å². The van der Waals surface area contributed by atoms with Crippen molar-refractivity contribution in [3.63, 3.8) is 0 Å². The monoisotopic (exact) mass is 555 g/mol. The standard InChI is InChI=1S/C31H34FN7O2/c1-4-41-24-16-25(30-23(17-33)19-36-39(30)20-24)22-7-8-28(35-18-22)38-14-11-31(12-15-38,21-37(2)3)10-9-27(40)29-26(32)6-5-13-34-29/h5-8,13,16,18-20H,4,9-12,14-15,21H2,1-3H3. The van der Waals surface area contributed by atoms with Crippen LogP contribution in [0.1, 0.15) is 48.7 Å². The predicted molar refractivity (Wildman–Crippen MR) is 155 cm³/mol. The number of aromatic nitrogens is 4. The van der Waals surface area contributed by atoms with Crippen molar-refractivity contribution in [1.29, 1.82) is 5.26 Å². The van der Waals surface area contributed by atoms with Gasteiger partial charge in [0, 0.05) is 49.6 Å². The summed E-state index contributed by atoms with van der Waals surface area (Å²) in [6, 6.07) is 11.0. The number of piperidine rings is 1. The first-order valence-electron chi connectivity index (χ1n) is 13.9. The molecule has 10 heteroatoms. The molecule has 0 bridgehead atoms. The number of rotatable bonds is 10. The topological polar surface area (TPSA) is 99.6 Å². The molecule has 0 aliphatic carbocycles. The molecule has 0 atom stereocenters.